The molecule has 1 rings (SSSR count). The van der Waals surface area contributed by atoms with Crippen LogP contribution in [0, 0.1) is 0 Å². The molecule has 4 heteroatoms. The number of carbonyl (C=O) groups is 1. The fourth-order valence-electron chi connectivity index (χ4n) is 1.55. The molecular formula is C13H23N3O. The lowest BCUT2D eigenvalue weighted by Crippen LogP contribution is -2.34. The minimum Gasteiger partial charge on any atom is -0.354 e. The quantitative estimate of drug-likeness (QED) is 0.705. The van der Waals surface area contributed by atoms with Crippen LogP contribution < -0.4 is 10.6 Å². The van der Waals surface area contributed by atoms with E-state index in [4.69, 9.17) is 0 Å². The number of hydrogen-bond donors (Lipinski definition) is 2. The van der Waals surface area contributed by atoms with Crippen molar-refractivity contribution in [1.82, 2.24) is 15.2 Å². The molecule has 0 aliphatic carbocycles. The van der Waals surface area contributed by atoms with Crippen molar-refractivity contribution < 1.29 is 4.79 Å². The Kier molecular flexibility index (Phi) is 5.77. The van der Waals surface area contributed by atoms with Crippen LogP contribution in [0.4, 0.5) is 0 Å². The van der Waals surface area contributed by atoms with Gasteiger partial charge < -0.3 is 15.2 Å². The van der Waals surface area contributed by atoms with E-state index in [1.807, 2.05) is 26.2 Å². The molecule has 1 amide bonds. The summed E-state index contributed by atoms with van der Waals surface area (Å²) < 4.78 is 2.08. The van der Waals surface area contributed by atoms with E-state index < -0.39 is 0 Å². The molecule has 4 nitrogen and oxygen atoms in total. The van der Waals surface area contributed by atoms with Crippen LogP contribution in [0.25, 0.3) is 0 Å². The van der Waals surface area contributed by atoms with E-state index in [2.05, 4.69) is 28.2 Å². The third-order valence-electron chi connectivity index (χ3n) is 2.91. The minimum atomic E-state index is 0.124. The molecule has 1 aromatic heterocycles. The van der Waals surface area contributed by atoms with Crippen LogP contribution in [0.3, 0.4) is 0 Å². The second kappa shape index (κ2) is 7.12. The van der Waals surface area contributed by atoms with Crippen LogP contribution in [0.2, 0.25) is 0 Å². The van der Waals surface area contributed by atoms with Crippen LogP contribution >= 0.6 is 0 Å². The number of nitrogens with one attached hydrogen (secondary N) is 2. The van der Waals surface area contributed by atoms with E-state index >= 15 is 0 Å². The van der Waals surface area contributed by atoms with Gasteiger partial charge in [0.25, 0.3) is 0 Å². The van der Waals surface area contributed by atoms with E-state index in [0.29, 0.717) is 13.0 Å². The molecule has 0 aliphatic heterocycles. The van der Waals surface area contributed by atoms with Crippen LogP contribution in [0.5, 0.6) is 0 Å². The first-order valence-corrected chi connectivity index (χ1v) is 6.23. The first kappa shape index (κ1) is 13.8. The maximum absolute atomic E-state index is 11.5. The Hall–Kier alpha value is -1.29. The van der Waals surface area contributed by atoms with Crippen molar-refractivity contribution in [1.29, 1.82) is 0 Å². The number of aromatic nitrogens is 1. The van der Waals surface area contributed by atoms with Crippen molar-refractivity contribution in [2.75, 3.05) is 6.54 Å². The topological polar surface area (TPSA) is 46.1 Å². The molecule has 0 bridgehead atoms. The van der Waals surface area contributed by atoms with Crippen molar-refractivity contribution in [2.45, 2.75) is 39.3 Å². The molecule has 1 atom stereocenters. The predicted molar refractivity (Wildman–Crippen MR) is 69.6 cm³/mol. The average molecular weight is 237 g/mol. The Labute approximate surface area is 103 Å². The normalized spacial score (nSPS) is 12.4. The molecular weight excluding hydrogens is 214 g/mol. The molecule has 0 fully saturated rings. The largest absolute Gasteiger partial charge is 0.354 e. The molecule has 0 aliphatic rings. The molecule has 1 heterocycles. The Morgan fingerprint density at radius 2 is 2.29 bits per heavy atom. The zero-order valence-corrected chi connectivity index (χ0v) is 11.0. The SMILES string of the molecule is CCC(C)NC(=O)CCNCc1cccn1C. The zero-order valence-electron chi connectivity index (χ0n) is 11.0. The molecule has 0 aromatic carbocycles. The van der Waals surface area contributed by atoms with Gasteiger partial charge in [0.15, 0.2) is 0 Å². The maximum atomic E-state index is 11.5. The summed E-state index contributed by atoms with van der Waals surface area (Å²) in [6.07, 6.45) is 3.53. The molecule has 0 saturated carbocycles. The van der Waals surface area contributed by atoms with Crippen molar-refractivity contribution >= 4 is 5.91 Å². The van der Waals surface area contributed by atoms with E-state index in [1.165, 1.54) is 5.69 Å². The Balaban J connectivity index is 2.12. The predicted octanol–water partition coefficient (Wildman–Crippen LogP) is 1.42. The lowest BCUT2D eigenvalue weighted by atomic mass is 10.2. The highest BCUT2D eigenvalue weighted by Crippen LogP contribution is 1.98. The summed E-state index contributed by atoms with van der Waals surface area (Å²) in [6, 6.07) is 4.37. The van der Waals surface area contributed by atoms with Gasteiger partial charge >= 0.3 is 0 Å². The van der Waals surface area contributed by atoms with Crippen molar-refractivity contribution in [3.8, 4) is 0 Å². The number of nitrogens with zero attached hydrogens (tertiary/aromatic N) is 1. The van der Waals surface area contributed by atoms with Crippen molar-refractivity contribution in [2.24, 2.45) is 7.05 Å². The number of amides is 1. The van der Waals surface area contributed by atoms with Gasteiger partial charge in [0, 0.05) is 44.5 Å². The molecule has 1 unspecified atom stereocenters. The zero-order chi connectivity index (χ0) is 12.7. The van der Waals surface area contributed by atoms with Gasteiger partial charge in [0.2, 0.25) is 5.91 Å². The van der Waals surface area contributed by atoms with Crippen molar-refractivity contribution in [3.05, 3.63) is 24.0 Å². The molecule has 0 radical (unpaired) electrons. The van der Waals surface area contributed by atoms with Crippen LogP contribution in [-0.4, -0.2) is 23.1 Å². The summed E-state index contributed by atoms with van der Waals surface area (Å²) >= 11 is 0. The maximum Gasteiger partial charge on any atom is 0.221 e. The smallest absolute Gasteiger partial charge is 0.221 e. The fraction of sp³-hybridized carbons (Fsp3) is 0.615. The first-order chi connectivity index (χ1) is 8.13. The minimum absolute atomic E-state index is 0.124. The highest BCUT2D eigenvalue weighted by atomic mass is 16.1. The van der Waals surface area contributed by atoms with E-state index in [0.717, 1.165) is 13.0 Å². The Morgan fingerprint density at radius 3 is 2.88 bits per heavy atom. The van der Waals surface area contributed by atoms with Crippen LogP contribution in [0.15, 0.2) is 18.3 Å². The van der Waals surface area contributed by atoms with Crippen LogP contribution in [-0.2, 0) is 18.4 Å². The van der Waals surface area contributed by atoms with Gasteiger partial charge in [-0.05, 0) is 25.5 Å². The lowest BCUT2D eigenvalue weighted by molar-refractivity contribution is -0.121. The van der Waals surface area contributed by atoms with Gasteiger partial charge in [-0.2, -0.15) is 0 Å². The summed E-state index contributed by atoms with van der Waals surface area (Å²) in [5.41, 5.74) is 1.23. The van der Waals surface area contributed by atoms with Gasteiger partial charge in [-0.25, -0.2) is 0 Å². The van der Waals surface area contributed by atoms with E-state index in [-0.39, 0.29) is 11.9 Å². The van der Waals surface area contributed by atoms with Gasteiger partial charge in [0.1, 0.15) is 0 Å². The van der Waals surface area contributed by atoms with Crippen molar-refractivity contribution in [3.63, 3.8) is 0 Å². The molecule has 0 saturated heterocycles. The highest BCUT2D eigenvalue weighted by Gasteiger charge is 2.04. The van der Waals surface area contributed by atoms with E-state index in [9.17, 15) is 4.79 Å². The Bertz CT molecular complexity index is 346. The average Bonchev–Trinajstić information content (AvgIpc) is 2.70. The third kappa shape index (κ3) is 5.04. The lowest BCUT2D eigenvalue weighted by Gasteiger charge is -2.11. The second-order valence-electron chi connectivity index (χ2n) is 4.41. The summed E-state index contributed by atoms with van der Waals surface area (Å²) in [5.74, 6) is 0.124. The molecule has 1 aromatic rings. The summed E-state index contributed by atoms with van der Waals surface area (Å²) in [6.45, 7) is 5.61. The summed E-state index contributed by atoms with van der Waals surface area (Å²) in [4.78, 5) is 11.5. The third-order valence-corrected chi connectivity index (χ3v) is 2.91. The standard InChI is InChI=1S/C13H23N3O/c1-4-11(2)15-13(17)7-8-14-10-12-6-5-9-16(12)3/h5-6,9,11,14H,4,7-8,10H2,1-3H3,(H,15,17). The van der Waals surface area contributed by atoms with Gasteiger partial charge in [0.05, 0.1) is 0 Å². The molecule has 0 spiro atoms. The monoisotopic (exact) mass is 237 g/mol. The van der Waals surface area contributed by atoms with Gasteiger partial charge in [-0.1, -0.05) is 6.92 Å². The number of aryl methyl sites for hydroxylation is 1. The van der Waals surface area contributed by atoms with Crippen LogP contribution in [0.1, 0.15) is 32.4 Å². The molecule has 96 valence electrons. The first-order valence-electron chi connectivity index (χ1n) is 6.23. The van der Waals surface area contributed by atoms with Gasteiger partial charge in [-0.15, -0.1) is 0 Å². The highest BCUT2D eigenvalue weighted by molar-refractivity contribution is 5.76. The Morgan fingerprint density at radius 1 is 1.53 bits per heavy atom. The summed E-state index contributed by atoms with van der Waals surface area (Å²) in [7, 11) is 2.02. The van der Waals surface area contributed by atoms with E-state index in [1.54, 1.807) is 0 Å². The number of hydrogen-bond acceptors (Lipinski definition) is 2. The second-order valence-corrected chi connectivity index (χ2v) is 4.41. The van der Waals surface area contributed by atoms with Gasteiger partial charge in [-0.3, -0.25) is 4.79 Å². The summed E-state index contributed by atoms with van der Waals surface area (Å²) in [5, 5.41) is 6.22. The number of carbonyl (C=O) groups excluding carboxylic acids is 1. The molecule has 17 heavy (non-hydrogen) atoms. The number of rotatable bonds is 7. The molecule has 2 N–H and O–H groups in total. The fourth-order valence-corrected chi connectivity index (χ4v) is 1.55.